The highest BCUT2D eigenvalue weighted by Crippen LogP contribution is 2.24. The van der Waals surface area contributed by atoms with Crippen LogP contribution in [0.2, 0.25) is 5.02 Å². The van der Waals surface area contributed by atoms with Gasteiger partial charge >= 0.3 is 12.3 Å². The molecule has 32 heavy (non-hydrogen) atoms. The van der Waals surface area contributed by atoms with Crippen molar-refractivity contribution in [1.82, 2.24) is 5.32 Å². The van der Waals surface area contributed by atoms with E-state index in [1.165, 1.54) is 24.3 Å². The first-order chi connectivity index (χ1) is 15.0. The number of nitrogens with one attached hydrogen (secondary N) is 2. The number of hydrogen-bond donors (Lipinski definition) is 2. The van der Waals surface area contributed by atoms with Crippen molar-refractivity contribution in [1.29, 1.82) is 0 Å². The van der Waals surface area contributed by atoms with Crippen molar-refractivity contribution in [3.05, 3.63) is 59.1 Å². The summed E-state index contributed by atoms with van der Waals surface area (Å²) < 4.78 is 45.2. The maximum absolute atomic E-state index is 12.4. The van der Waals surface area contributed by atoms with Crippen LogP contribution in [0.25, 0.3) is 0 Å². The van der Waals surface area contributed by atoms with Crippen molar-refractivity contribution in [2.45, 2.75) is 26.3 Å². The van der Waals surface area contributed by atoms with Crippen LogP contribution in [0, 0.1) is 5.92 Å². The van der Waals surface area contributed by atoms with Gasteiger partial charge in [0, 0.05) is 5.69 Å². The zero-order chi connectivity index (χ0) is 23.9. The molecule has 2 N–H and O–H groups in total. The molecule has 1 atom stereocenters. The summed E-state index contributed by atoms with van der Waals surface area (Å²) in [4.78, 5) is 36.8. The summed E-state index contributed by atoms with van der Waals surface area (Å²) in [5, 5.41) is 5.12. The maximum Gasteiger partial charge on any atom is 0.573 e. The van der Waals surface area contributed by atoms with E-state index in [0.29, 0.717) is 0 Å². The fourth-order valence-electron chi connectivity index (χ4n) is 2.53. The highest BCUT2D eigenvalue weighted by molar-refractivity contribution is 6.33. The lowest BCUT2D eigenvalue weighted by atomic mass is 10.0. The lowest BCUT2D eigenvalue weighted by molar-refractivity contribution is -0.274. The minimum absolute atomic E-state index is 0.174. The Morgan fingerprint density at radius 1 is 1.03 bits per heavy atom. The van der Waals surface area contributed by atoms with E-state index < -0.39 is 42.5 Å². The Balaban J connectivity index is 1.90. The molecule has 0 heterocycles. The van der Waals surface area contributed by atoms with Crippen LogP contribution >= 0.6 is 11.6 Å². The number of carbonyl (C=O) groups is 3. The Hall–Kier alpha value is -3.27. The number of anilines is 1. The van der Waals surface area contributed by atoms with Crippen molar-refractivity contribution in [2.75, 3.05) is 11.9 Å². The second-order valence-electron chi connectivity index (χ2n) is 6.90. The number of amides is 2. The highest BCUT2D eigenvalue weighted by Gasteiger charge is 2.31. The number of halogens is 4. The summed E-state index contributed by atoms with van der Waals surface area (Å²) in [5.74, 6) is -2.92. The van der Waals surface area contributed by atoms with Gasteiger partial charge in [0.15, 0.2) is 6.61 Å². The molecule has 2 amide bonds. The molecule has 0 aliphatic heterocycles. The van der Waals surface area contributed by atoms with Gasteiger partial charge in [-0.3, -0.25) is 9.59 Å². The summed E-state index contributed by atoms with van der Waals surface area (Å²) in [7, 11) is 0. The highest BCUT2D eigenvalue weighted by atomic mass is 35.5. The normalized spacial score (nSPS) is 12.1. The van der Waals surface area contributed by atoms with Gasteiger partial charge in [-0.05, 0) is 42.3 Å². The number of carbonyl (C=O) groups excluding carboxylic acids is 3. The van der Waals surface area contributed by atoms with Gasteiger partial charge < -0.3 is 20.1 Å². The van der Waals surface area contributed by atoms with E-state index in [4.69, 9.17) is 16.3 Å². The number of hydrogen-bond acceptors (Lipinski definition) is 5. The number of alkyl halides is 3. The Labute approximate surface area is 186 Å². The molecule has 0 aliphatic rings. The molecule has 0 radical (unpaired) electrons. The lowest BCUT2D eigenvalue weighted by Gasteiger charge is -2.21. The molecule has 172 valence electrons. The fourth-order valence-corrected chi connectivity index (χ4v) is 2.75. The van der Waals surface area contributed by atoms with Gasteiger partial charge in [0.1, 0.15) is 11.8 Å². The van der Waals surface area contributed by atoms with Crippen molar-refractivity contribution < 1.29 is 37.0 Å². The van der Waals surface area contributed by atoms with Crippen molar-refractivity contribution >= 4 is 35.1 Å². The number of ether oxygens (including phenoxy) is 2. The van der Waals surface area contributed by atoms with Crippen LogP contribution in [0.1, 0.15) is 24.2 Å². The third kappa shape index (κ3) is 7.77. The number of rotatable bonds is 8. The van der Waals surface area contributed by atoms with Crippen molar-refractivity contribution in [2.24, 2.45) is 5.92 Å². The monoisotopic (exact) mass is 472 g/mol. The van der Waals surface area contributed by atoms with Gasteiger partial charge in [-0.2, -0.15) is 0 Å². The van der Waals surface area contributed by atoms with Gasteiger partial charge in [0.2, 0.25) is 0 Å². The molecule has 7 nitrogen and oxygen atoms in total. The second kappa shape index (κ2) is 10.9. The third-order valence-electron chi connectivity index (χ3n) is 4.04. The molecule has 2 rings (SSSR count). The van der Waals surface area contributed by atoms with Crippen LogP contribution in [-0.2, 0) is 14.3 Å². The molecular weight excluding hydrogens is 453 g/mol. The van der Waals surface area contributed by atoms with Gasteiger partial charge in [-0.1, -0.05) is 37.6 Å². The topological polar surface area (TPSA) is 93.7 Å². The first kappa shape index (κ1) is 25.0. The maximum atomic E-state index is 12.4. The van der Waals surface area contributed by atoms with Crippen LogP contribution in [0.4, 0.5) is 18.9 Å². The largest absolute Gasteiger partial charge is 0.573 e. The Kier molecular flexibility index (Phi) is 8.48. The number of esters is 1. The van der Waals surface area contributed by atoms with Gasteiger partial charge in [0.05, 0.1) is 10.6 Å². The van der Waals surface area contributed by atoms with Crippen LogP contribution < -0.4 is 15.4 Å². The molecule has 0 aromatic heterocycles. The van der Waals surface area contributed by atoms with Crippen LogP contribution in [-0.4, -0.2) is 36.8 Å². The predicted octanol–water partition coefficient (Wildman–Crippen LogP) is 4.17. The van der Waals surface area contributed by atoms with Gasteiger partial charge in [-0.25, -0.2) is 4.79 Å². The lowest BCUT2D eigenvalue weighted by Crippen LogP contribution is -2.46. The Morgan fingerprint density at radius 3 is 2.22 bits per heavy atom. The zero-order valence-electron chi connectivity index (χ0n) is 17.0. The fraction of sp³-hybridized carbons (Fsp3) is 0.286. The van der Waals surface area contributed by atoms with Crippen molar-refractivity contribution in [3.63, 3.8) is 0 Å². The van der Waals surface area contributed by atoms with Crippen LogP contribution in [0.5, 0.6) is 5.75 Å². The standard InChI is InChI=1S/C21H20ClF3N2O5/c1-12(2)18(27-19(29)15-5-3-4-6-16(15)22)20(30)31-11-17(28)26-13-7-9-14(10-8-13)32-21(23,24)25/h3-10,12,18H,11H2,1-2H3,(H,26,28)(H,27,29). The van der Waals surface area contributed by atoms with E-state index in [1.807, 2.05) is 0 Å². The van der Waals surface area contributed by atoms with Gasteiger partial charge in [-0.15, -0.1) is 13.2 Å². The number of benzene rings is 2. The molecule has 11 heteroatoms. The van der Waals surface area contributed by atoms with E-state index in [-0.39, 0.29) is 22.2 Å². The second-order valence-corrected chi connectivity index (χ2v) is 7.31. The summed E-state index contributed by atoms with van der Waals surface area (Å²) in [6, 6.07) is 9.71. The van der Waals surface area contributed by atoms with E-state index in [9.17, 15) is 27.6 Å². The molecule has 0 bridgehead atoms. The van der Waals surface area contributed by atoms with E-state index in [2.05, 4.69) is 15.4 Å². The van der Waals surface area contributed by atoms with Crippen LogP contribution in [0.15, 0.2) is 48.5 Å². The van der Waals surface area contributed by atoms with Gasteiger partial charge in [0.25, 0.3) is 11.8 Å². The first-order valence-electron chi connectivity index (χ1n) is 9.34. The van der Waals surface area contributed by atoms with Crippen LogP contribution in [0.3, 0.4) is 0 Å². The summed E-state index contributed by atoms with van der Waals surface area (Å²) in [5.41, 5.74) is 0.358. The minimum atomic E-state index is -4.83. The molecule has 0 saturated carbocycles. The zero-order valence-corrected chi connectivity index (χ0v) is 17.8. The Bertz CT molecular complexity index is 965. The molecule has 2 aromatic carbocycles. The molecule has 0 spiro atoms. The molecule has 0 aliphatic carbocycles. The average Bonchev–Trinajstić information content (AvgIpc) is 2.70. The molecule has 0 fully saturated rings. The SMILES string of the molecule is CC(C)C(NC(=O)c1ccccc1Cl)C(=O)OCC(=O)Nc1ccc(OC(F)(F)F)cc1. The predicted molar refractivity (Wildman–Crippen MR) is 110 cm³/mol. The Morgan fingerprint density at radius 2 is 1.66 bits per heavy atom. The minimum Gasteiger partial charge on any atom is -0.454 e. The summed E-state index contributed by atoms with van der Waals surface area (Å²) in [6.45, 7) is 2.71. The third-order valence-corrected chi connectivity index (χ3v) is 4.37. The van der Waals surface area contributed by atoms with E-state index in [1.54, 1.807) is 26.0 Å². The molecule has 0 saturated heterocycles. The van der Waals surface area contributed by atoms with E-state index >= 15 is 0 Å². The first-order valence-corrected chi connectivity index (χ1v) is 9.71. The molecule has 2 aromatic rings. The van der Waals surface area contributed by atoms with E-state index in [0.717, 1.165) is 12.1 Å². The molecular formula is C21H20ClF3N2O5. The molecule has 1 unspecified atom stereocenters. The summed E-state index contributed by atoms with van der Waals surface area (Å²) in [6.07, 6.45) is -4.83. The average molecular weight is 473 g/mol. The smallest absolute Gasteiger partial charge is 0.454 e. The summed E-state index contributed by atoms with van der Waals surface area (Å²) >= 11 is 5.99. The van der Waals surface area contributed by atoms with Crippen molar-refractivity contribution in [3.8, 4) is 5.75 Å². The quantitative estimate of drug-likeness (QED) is 0.562.